The Bertz CT molecular complexity index is 463. The molecule has 0 saturated carbocycles. The molecule has 106 valence electrons. The molecule has 0 spiro atoms. The van der Waals surface area contributed by atoms with Crippen molar-refractivity contribution in [2.45, 2.75) is 52.7 Å². The first-order valence-corrected chi connectivity index (χ1v) is 6.98. The van der Waals surface area contributed by atoms with E-state index in [1.807, 2.05) is 12.3 Å². The van der Waals surface area contributed by atoms with E-state index in [1.54, 1.807) is 27.7 Å². The molecule has 0 unspecified atom stereocenters. The third kappa shape index (κ3) is 5.83. The molecule has 1 aromatic rings. The molecule has 0 fully saturated rings. The highest BCUT2D eigenvalue weighted by Crippen LogP contribution is 2.10. The van der Waals surface area contributed by atoms with Crippen molar-refractivity contribution in [1.82, 2.24) is 10.3 Å². The van der Waals surface area contributed by atoms with E-state index in [9.17, 15) is 9.59 Å². The number of hydrogen-bond acceptors (Lipinski definition) is 5. The first-order valence-electron chi connectivity index (χ1n) is 6.10. The highest BCUT2D eigenvalue weighted by Gasteiger charge is 2.23. The molecule has 0 aliphatic rings. The van der Waals surface area contributed by atoms with Gasteiger partial charge in [0, 0.05) is 5.38 Å². The van der Waals surface area contributed by atoms with E-state index < -0.39 is 17.6 Å². The average molecular weight is 284 g/mol. The van der Waals surface area contributed by atoms with Gasteiger partial charge in [-0.05, 0) is 34.6 Å². The second-order valence-corrected chi connectivity index (χ2v) is 6.42. The monoisotopic (exact) mass is 284 g/mol. The van der Waals surface area contributed by atoms with Crippen molar-refractivity contribution in [3.8, 4) is 0 Å². The van der Waals surface area contributed by atoms with Gasteiger partial charge in [-0.2, -0.15) is 0 Å². The molecule has 0 aliphatic heterocycles. The Morgan fingerprint density at radius 2 is 2.11 bits per heavy atom. The number of ether oxygens (including phenoxy) is 1. The number of aryl methyl sites for hydroxylation is 1. The van der Waals surface area contributed by atoms with Crippen LogP contribution in [-0.2, 0) is 20.7 Å². The standard InChI is InChI=1S/C13H20N2O3S/c1-8(12(17)18-13(3,4)5)14-11(16)6-10-7-19-9(2)15-10/h7-8H,6H2,1-5H3,(H,14,16)/t8-/m0/s1. The van der Waals surface area contributed by atoms with Gasteiger partial charge in [0.15, 0.2) is 0 Å². The first-order chi connectivity index (χ1) is 8.67. The minimum atomic E-state index is -0.661. The highest BCUT2D eigenvalue weighted by molar-refractivity contribution is 7.09. The third-order valence-electron chi connectivity index (χ3n) is 2.15. The van der Waals surface area contributed by atoms with Crippen molar-refractivity contribution < 1.29 is 14.3 Å². The lowest BCUT2D eigenvalue weighted by Gasteiger charge is -2.22. The Kier molecular flexibility index (Phi) is 5.05. The van der Waals surface area contributed by atoms with Gasteiger partial charge in [0.1, 0.15) is 11.6 Å². The van der Waals surface area contributed by atoms with Gasteiger partial charge in [-0.25, -0.2) is 9.78 Å². The van der Waals surface area contributed by atoms with Crippen LogP contribution in [0.2, 0.25) is 0 Å². The fourth-order valence-corrected chi connectivity index (χ4v) is 2.01. The lowest BCUT2D eigenvalue weighted by Crippen LogP contribution is -2.42. The molecule has 1 heterocycles. The van der Waals surface area contributed by atoms with Crippen LogP contribution < -0.4 is 5.32 Å². The zero-order valence-corrected chi connectivity index (χ0v) is 12.8. The van der Waals surface area contributed by atoms with E-state index in [4.69, 9.17) is 4.74 Å². The quantitative estimate of drug-likeness (QED) is 0.857. The summed E-state index contributed by atoms with van der Waals surface area (Å²) in [7, 11) is 0. The van der Waals surface area contributed by atoms with E-state index in [-0.39, 0.29) is 12.3 Å². The van der Waals surface area contributed by atoms with Crippen molar-refractivity contribution in [3.63, 3.8) is 0 Å². The number of thiazole rings is 1. The van der Waals surface area contributed by atoms with Gasteiger partial charge in [-0.3, -0.25) is 4.79 Å². The largest absolute Gasteiger partial charge is 0.458 e. The number of carbonyl (C=O) groups excluding carboxylic acids is 2. The molecule has 6 heteroatoms. The summed E-state index contributed by atoms with van der Waals surface area (Å²) in [4.78, 5) is 27.7. The van der Waals surface area contributed by atoms with Gasteiger partial charge in [0.05, 0.1) is 17.1 Å². The van der Waals surface area contributed by atoms with Gasteiger partial charge in [-0.1, -0.05) is 0 Å². The fourth-order valence-electron chi connectivity index (χ4n) is 1.40. The van der Waals surface area contributed by atoms with Crippen molar-refractivity contribution >= 4 is 23.2 Å². The van der Waals surface area contributed by atoms with Gasteiger partial charge >= 0.3 is 5.97 Å². The maximum Gasteiger partial charge on any atom is 0.328 e. The summed E-state index contributed by atoms with van der Waals surface area (Å²) >= 11 is 1.50. The zero-order valence-electron chi connectivity index (χ0n) is 11.9. The minimum Gasteiger partial charge on any atom is -0.458 e. The molecular weight excluding hydrogens is 264 g/mol. The van der Waals surface area contributed by atoms with Crippen LogP contribution in [0.15, 0.2) is 5.38 Å². The molecule has 1 atom stereocenters. The highest BCUT2D eigenvalue weighted by atomic mass is 32.1. The van der Waals surface area contributed by atoms with Crippen LogP contribution in [-0.4, -0.2) is 28.5 Å². The third-order valence-corrected chi connectivity index (χ3v) is 2.97. The number of esters is 1. The molecule has 19 heavy (non-hydrogen) atoms. The van der Waals surface area contributed by atoms with Crippen molar-refractivity contribution in [3.05, 3.63) is 16.1 Å². The summed E-state index contributed by atoms with van der Waals surface area (Å²) in [5.74, 6) is -0.668. The maximum atomic E-state index is 11.7. The number of hydrogen-bond donors (Lipinski definition) is 1. The summed E-state index contributed by atoms with van der Waals surface area (Å²) in [5, 5.41) is 5.37. The smallest absolute Gasteiger partial charge is 0.328 e. The van der Waals surface area contributed by atoms with E-state index >= 15 is 0 Å². The van der Waals surface area contributed by atoms with Crippen LogP contribution >= 0.6 is 11.3 Å². The zero-order chi connectivity index (χ0) is 14.6. The molecule has 5 nitrogen and oxygen atoms in total. The van der Waals surface area contributed by atoms with E-state index in [0.29, 0.717) is 0 Å². The second kappa shape index (κ2) is 6.14. The summed E-state index contributed by atoms with van der Waals surface area (Å²) in [5.41, 5.74) is 0.165. The minimum absolute atomic E-state index is 0.178. The second-order valence-electron chi connectivity index (χ2n) is 5.36. The number of amides is 1. The Balaban J connectivity index is 2.46. The molecule has 1 aromatic heterocycles. The van der Waals surface area contributed by atoms with E-state index in [1.165, 1.54) is 11.3 Å². The fraction of sp³-hybridized carbons (Fsp3) is 0.615. The molecule has 0 aromatic carbocycles. The normalized spacial score (nSPS) is 12.9. The van der Waals surface area contributed by atoms with Crippen LogP contribution in [0.5, 0.6) is 0 Å². The van der Waals surface area contributed by atoms with Crippen LogP contribution in [0.1, 0.15) is 38.4 Å². The first kappa shape index (κ1) is 15.6. The molecule has 1 rings (SSSR count). The van der Waals surface area contributed by atoms with Gasteiger partial charge in [-0.15, -0.1) is 11.3 Å². The van der Waals surface area contributed by atoms with Crippen LogP contribution in [0.25, 0.3) is 0 Å². The lowest BCUT2D eigenvalue weighted by molar-refractivity contribution is -0.158. The number of nitrogens with zero attached hydrogens (tertiary/aromatic N) is 1. The summed E-state index contributed by atoms with van der Waals surface area (Å²) in [6.45, 7) is 8.86. The Morgan fingerprint density at radius 3 is 2.58 bits per heavy atom. The van der Waals surface area contributed by atoms with Gasteiger partial charge in [0.2, 0.25) is 5.91 Å². The Hall–Kier alpha value is -1.43. The van der Waals surface area contributed by atoms with Crippen LogP contribution in [0.3, 0.4) is 0 Å². The number of nitrogens with one attached hydrogen (secondary N) is 1. The summed E-state index contributed by atoms with van der Waals surface area (Å²) in [6.07, 6.45) is 0.178. The van der Waals surface area contributed by atoms with Crippen molar-refractivity contribution in [1.29, 1.82) is 0 Å². The lowest BCUT2D eigenvalue weighted by atomic mass is 10.2. The van der Waals surface area contributed by atoms with E-state index in [2.05, 4.69) is 10.3 Å². The van der Waals surface area contributed by atoms with Crippen LogP contribution in [0, 0.1) is 6.92 Å². The molecule has 1 amide bonds. The molecule has 0 saturated heterocycles. The van der Waals surface area contributed by atoms with Crippen molar-refractivity contribution in [2.75, 3.05) is 0 Å². The number of aromatic nitrogens is 1. The van der Waals surface area contributed by atoms with Gasteiger partial charge < -0.3 is 10.1 Å². The molecule has 0 bridgehead atoms. The Morgan fingerprint density at radius 1 is 1.47 bits per heavy atom. The average Bonchev–Trinajstić information content (AvgIpc) is 2.60. The number of rotatable bonds is 4. The Labute approximate surface area is 117 Å². The van der Waals surface area contributed by atoms with Gasteiger partial charge in [0.25, 0.3) is 0 Å². The molecular formula is C13H20N2O3S. The summed E-state index contributed by atoms with van der Waals surface area (Å²) < 4.78 is 5.19. The predicted molar refractivity (Wildman–Crippen MR) is 74.0 cm³/mol. The van der Waals surface area contributed by atoms with E-state index in [0.717, 1.165) is 10.7 Å². The topological polar surface area (TPSA) is 68.3 Å². The predicted octanol–water partition coefficient (Wildman–Crippen LogP) is 1.84. The molecule has 1 N–H and O–H groups in total. The van der Waals surface area contributed by atoms with Crippen LogP contribution in [0.4, 0.5) is 0 Å². The SMILES string of the molecule is Cc1nc(CC(=O)N[C@@H](C)C(=O)OC(C)(C)C)cs1. The molecule has 0 radical (unpaired) electrons. The summed E-state index contributed by atoms with van der Waals surface area (Å²) in [6, 6.07) is -0.661. The number of carbonyl (C=O) groups is 2. The maximum absolute atomic E-state index is 11.7. The molecule has 0 aliphatic carbocycles. The van der Waals surface area contributed by atoms with Crippen molar-refractivity contribution in [2.24, 2.45) is 0 Å².